The van der Waals surface area contributed by atoms with Crippen LogP contribution in [0.5, 0.6) is 0 Å². The Bertz CT molecular complexity index is 339. The number of nitrogens with one attached hydrogen (secondary N) is 1. The predicted molar refractivity (Wildman–Crippen MR) is 59.6 cm³/mol. The van der Waals surface area contributed by atoms with Crippen LogP contribution in [0.3, 0.4) is 0 Å². The summed E-state index contributed by atoms with van der Waals surface area (Å²) < 4.78 is 0. The average molecular weight is 205 g/mol. The van der Waals surface area contributed by atoms with Gasteiger partial charge < -0.3 is 16.0 Å². The van der Waals surface area contributed by atoms with Crippen LogP contribution in [0.2, 0.25) is 0 Å². The lowest BCUT2D eigenvalue weighted by molar-refractivity contribution is 0.222. The number of rotatable bonds is 1. The third-order valence-electron chi connectivity index (χ3n) is 2.54. The Morgan fingerprint density at radius 3 is 2.73 bits per heavy atom. The van der Waals surface area contributed by atoms with Crippen LogP contribution in [0.4, 0.5) is 10.5 Å². The molecule has 15 heavy (non-hydrogen) atoms. The fourth-order valence-corrected chi connectivity index (χ4v) is 1.70. The lowest BCUT2D eigenvalue weighted by Gasteiger charge is -2.16. The number of amides is 2. The van der Waals surface area contributed by atoms with Crippen LogP contribution >= 0.6 is 0 Å². The van der Waals surface area contributed by atoms with E-state index in [1.54, 1.807) is 4.90 Å². The maximum absolute atomic E-state index is 11.7. The summed E-state index contributed by atoms with van der Waals surface area (Å²) in [6, 6.07) is 9.51. The molecule has 0 aliphatic carbocycles. The molecule has 1 atom stereocenters. The molecule has 1 aliphatic rings. The second-order valence-electron chi connectivity index (χ2n) is 3.79. The van der Waals surface area contributed by atoms with Crippen molar-refractivity contribution >= 4 is 11.7 Å². The van der Waals surface area contributed by atoms with E-state index in [0.717, 1.165) is 18.7 Å². The maximum atomic E-state index is 11.7. The van der Waals surface area contributed by atoms with Gasteiger partial charge in [0.25, 0.3) is 0 Å². The summed E-state index contributed by atoms with van der Waals surface area (Å²) in [6.45, 7) is 1.40. The van der Waals surface area contributed by atoms with Crippen LogP contribution in [-0.4, -0.2) is 30.1 Å². The highest BCUT2D eigenvalue weighted by molar-refractivity contribution is 5.89. The number of anilines is 1. The molecule has 1 aromatic rings. The van der Waals surface area contributed by atoms with E-state index in [1.807, 2.05) is 30.3 Å². The molecule has 1 heterocycles. The highest BCUT2D eigenvalue weighted by atomic mass is 16.2. The smallest absolute Gasteiger partial charge is 0.321 e. The van der Waals surface area contributed by atoms with Gasteiger partial charge in [0.05, 0.1) is 0 Å². The Morgan fingerprint density at radius 1 is 1.40 bits per heavy atom. The Morgan fingerprint density at radius 2 is 2.13 bits per heavy atom. The lowest BCUT2D eigenvalue weighted by Crippen LogP contribution is -2.35. The molecule has 4 nitrogen and oxygen atoms in total. The van der Waals surface area contributed by atoms with Crippen LogP contribution in [0.15, 0.2) is 30.3 Å². The number of carbonyl (C=O) groups excluding carboxylic acids is 1. The number of para-hydroxylation sites is 1. The molecule has 80 valence electrons. The Labute approximate surface area is 89.1 Å². The molecule has 4 heteroatoms. The number of likely N-dealkylation sites (tertiary alicyclic amines) is 1. The minimum atomic E-state index is -0.0610. The molecule has 0 aromatic heterocycles. The van der Waals surface area contributed by atoms with Gasteiger partial charge in [0.2, 0.25) is 0 Å². The van der Waals surface area contributed by atoms with Crippen LogP contribution < -0.4 is 11.1 Å². The first-order chi connectivity index (χ1) is 7.25. The first-order valence-electron chi connectivity index (χ1n) is 5.12. The number of carbonyl (C=O) groups is 1. The van der Waals surface area contributed by atoms with Gasteiger partial charge in [-0.05, 0) is 18.6 Å². The molecule has 1 saturated heterocycles. The van der Waals surface area contributed by atoms with Gasteiger partial charge in [-0.2, -0.15) is 0 Å². The van der Waals surface area contributed by atoms with E-state index in [9.17, 15) is 4.79 Å². The van der Waals surface area contributed by atoms with Gasteiger partial charge in [-0.1, -0.05) is 18.2 Å². The van der Waals surface area contributed by atoms with Crippen LogP contribution in [0.1, 0.15) is 6.42 Å². The molecule has 0 spiro atoms. The summed E-state index contributed by atoms with van der Waals surface area (Å²) >= 11 is 0. The standard InChI is InChI=1S/C11H15N3O/c12-9-6-7-14(8-9)11(15)13-10-4-2-1-3-5-10/h1-5,9H,6-8,12H2,(H,13,15)/t9-/m0/s1. The van der Waals surface area contributed by atoms with Crippen molar-refractivity contribution in [1.29, 1.82) is 0 Å². The number of urea groups is 1. The van der Waals surface area contributed by atoms with Gasteiger partial charge in [-0.25, -0.2) is 4.79 Å². The van der Waals surface area contributed by atoms with Crippen molar-refractivity contribution in [1.82, 2.24) is 4.90 Å². The first kappa shape index (κ1) is 9.98. The normalized spacial score (nSPS) is 20.3. The van der Waals surface area contributed by atoms with Gasteiger partial charge in [0.1, 0.15) is 0 Å². The Hall–Kier alpha value is -1.55. The van der Waals surface area contributed by atoms with Crippen LogP contribution in [0.25, 0.3) is 0 Å². The summed E-state index contributed by atoms with van der Waals surface area (Å²) in [4.78, 5) is 13.5. The molecule has 1 fully saturated rings. The molecule has 1 aromatic carbocycles. The van der Waals surface area contributed by atoms with E-state index in [-0.39, 0.29) is 12.1 Å². The van der Waals surface area contributed by atoms with Crippen LogP contribution in [0, 0.1) is 0 Å². The fraction of sp³-hybridized carbons (Fsp3) is 0.364. The Kier molecular flexibility index (Phi) is 2.87. The third kappa shape index (κ3) is 2.47. The van der Waals surface area contributed by atoms with E-state index in [1.165, 1.54) is 0 Å². The van der Waals surface area contributed by atoms with Crippen LogP contribution in [-0.2, 0) is 0 Å². The van der Waals surface area contributed by atoms with Crippen molar-refractivity contribution < 1.29 is 4.79 Å². The van der Waals surface area contributed by atoms with Gasteiger partial charge in [0.15, 0.2) is 0 Å². The van der Waals surface area contributed by atoms with Crippen molar-refractivity contribution in [3.8, 4) is 0 Å². The highest BCUT2D eigenvalue weighted by Gasteiger charge is 2.23. The second kappa shape index (κ2) is 4.31. The Balaban J connectivity index is 1.93. The van der Waals surface area contributed by atoms with E-state index >= 15 is 0 Å². The summed E-state index contributed by atoms with van der Waals surface area (Å²) in [5.41, 5.74) is 6.56. The van der Waals surface area contributed by atoms with Gasteiger partial charge in [-0.15, -0.1) is 0 Å². The first-order valence-corrected chi connectivity index (χ1v) is 5.12. The van der Waals surface area contributed by atoms with Crippen molar-refractivity contribution in [2.45, 2.75) is 12.5 Å². The fourth-order valence-electron chi connectivity index (χ4n) is 1.70. The quantitative estimate of drug-likeness (QED) is 0.725. The van der Waals surface area contributed by atoms with E-state index in [4.69, 9.17) is 5.73 Å². The molecule has 2 amide bonds. The molecular formula is C11H15N3O. The number of benzene rings is 1. The summed E-state index contributed by atoms with van der Waals surface area (Å²) in [7, 11) is 0. The average Bonchev–Trinajstić information content (AvgIpc) is 2.66. The monoisotopic (exact) mass is 205 g/mol. The SMILES string of the molecule is N[C@H]1CCN(C(=O)Nc2ccccc2)C1. The summed E-state index contributed by atoms with van der Waals surface area (Å²) in [5.74, 6) is 0. The topological polar surface area (TPSA) is 58.4 Å². The highest BCUT2D eigenvalue weighted by Crippen LogP contribution is 2.11. The predicted octanol–water partition coefficient (Wildman–Crippen LogP) is 1.25. The number of hydrogen-bond donors (Lipinski definition) is 2. The number of hydrogen-bond acceptors (Lipinski definition) is 2. The van der Waals surface area contributed by atoms with Gasteiger partial charge >= 0.3 is 6.03 Å². The van der Waals surface area contributed by atoms with E-state index in [0.29, 0.717) is 6.54 Å². The van der Waals surface area contributed by atoms with Crippen molar-refractivity contribution in [2.24, 2.45) is 5.73 Å². The van der Waals surface area contributed by atoms with Gasteiger partial charge in [-0.3, -0.25) is 0 Å². The van der Waals surface area contributed by atoms with E-state index in [2.05, 4.69) is 5.32 Å². The molecule has 0 saturated carbocycles. The molecule has 0 unspecified atom stereocenters. The van der Waals surface area contributed by atoms with Crippen molar-refractivity contribution in [3.05, 3.63) is 30.3 Å². The maximum Gasteiger partial charge on any atom is 0.321 e. The van der Waals surface area contributed by atoms with Crippen molar-refractivity contribution in [3.63, 3.8) is 0 Å². The van der Waals surface area contributed by atoms with Crippen molar-refractivity contribution in [2.75, 3.05) is 18.4 Å². The lowest BCUT2D eigenvalue weighted by atomic mass is 10.3. The summed E-state index contributed by atoms with van der Waals surface area (Å²) in [6.07, 6.45) is 0.891. The van der Waals surface area contributed by atoms with Gasteiger partial charge in [0, 0.05) is 24.8 Å². The third-order valence-corrected chi connectivity index (χ3v) is 2.54. The zero-order valence-corrected chi connectivity index (χ0v) is 8.52. The number of nitrogens with two attached hydrogens (primary N) is 1. The minimum Gasteiger partial charge on any atom is -0.326 e. The molecular weight excluding hydrogens is 190 g/mol. The zero-order chi connectivity index (χ0) is 10.7. The van der Waals surface area contributed by atoms with E-state index < -0.39 is 0 Å². The summed E-state index contributed by atoms with van der Waals surface area (Å²) in [5, 5.41) is 2.84. The molecule has 0 bridgehead atoms. The zero-order valence-electron chi connectivity index (χ0n) is 8.52. The molecule has 1 aliphatic heterocycles. The minimum absolute atomic E-state index is 0.0610. The molecule has 2 rings (SSSR count). The second-order valence-corrected chi connectivity index (χ2v) is 3.79. The molecule has 0 radical (unpaired) electrons. The molecule has 3 N–H and O–H groups in total. The number of nitrogens with zero attached hydrogens (tertiary/aromatic N) is 1. The largest absolute Gasteiger partial charge is 0.326 e.